The van der Waals surface area contributed by atoms with Gasteiger partial charge in [0.05, 0.1) is 29.3 Å². The molecular formula is C16H16FN7O. The van der Waals surface area contributed by atoms with Crippen molar-refractivity contribution < 1.29 is 9.18 Å². The summed E-state index contributed by atoms with van der Waals surface area (Å²) in [5, 5.41) is 6.63. The molecule has 0 bridgehead atoms. The molecule has 8 nitrogen and oxygen atoms in total. The van der Waals surface area contributed by atoms with E-state index in [1.54, 1.807) is 26.4 Å². The molecule has 0 aliphatic heterocycles. The normalized spacial score (nSPS) is 10.7. The smallest absolute Gasteiger partial charge is 0.274 e. The topological polar surface area (TPSA) is 112 Å². The number of nitrogen functional groups attached to an aromatic ring is 1. The fraction of sp³-hybridized carbons (Fsp3) is 0.188. The molecule has 9 heteroatoms. The van der Waals surface area contributed by atoms with Crippen LogP contribution >= 0.6 is 0 Å². The molecule has 0 saturated heterocycles. The van der Waals surface area contributed by atoms with Crippen LogP contribution in [-0.4, -0.2) is 30.6 Å². The predicted molar refractivity (Wildman–Crippen MR) is 90.3 cm³/mol. The van der Waals surface area contributed by atoms with Crippen molar-refractivity contribution in [3.05, 3.63) is 47.6 Å². The van der Waals surface area contributed by atoms with Gasteiger partial charge in [0.15, 0.2) is 5.82 Å². The van der Waals surface area contributed by atoms with E-state index in [9.17, 15) is 9.18 Å². The third-order valence-corrected chi connectivity index (χ3v) is 3.63. The number of carbonyl (C=O) groups excluding carboxylic acids is 1. The Labute approximate surface area is 142 Å². The number of nitrogens with one attached hydrogen (secondary N) is 1. The monoisotopic (exact) mass is 341 g/mol. The molecule has 128 valence electrons. The van der Waals surface area contributed by atoms with Crippen LogP contribution in [0.2, 0.25) is 0 Å². The van der Waals surface area contributed by atoms with Gasteiger partial charge in [0.25, 0.3) is 5.91 Å². The molecule has 0 unspecified atom stereocenters. The molecule has 3 aromatic heterocycles. The molecule has 0 fully saturated rings. The Kier molecular flexibility index (Phi) is 4.14. The number of amides is 1. The standard InChI is InChI=1S/C16H16FN7O/c1-8-5-19-9(2)22-14(8)10-6-21-24(3)15(10)16(25)23-12-4-13(18)20-7-11(12)17/h4-7H,1-3H3,(H3,18,20,23,25). The van der Waals surface area contributed by atoms with Crippen LogP contribution in [0.5, 0.6) is 0 Å². The van der Waals surface area contributed by atoms with Crippen LogP contribution in [0.3, 0.4) is 0 Å². The molecule has 0 aromatic carbocycles. The van der Waals surface area contributed by atoms with Crippen LogP contribution in [0.25, 0.3) is 11.3 Å². The second-order valence-corrected chi connectivity index (χ2v) is 5.52. The largest absolute Gasteiger partial charge is 0.384 e. The fourth-order valence-electron chi connectivity index (χ4n) is 2.42. The summed E-state index contributed by atoms with van der Waals surface area (Å²) in [6.07, 6.45) is 4.17. The highest BCUT2D eigenvalue weighted by molar-refractivity contribution is 6.07. The van der Waals surface area contributed by atoms with Crippen molar-refractivity contribution in [3.8, 4) is 11.3 Å². The van der Waals surface area contributed by atoms with Crippen molar-refractivity contribution in [1.82, 2.24) is 24.7 Å². The Bertz CT molecular complexity index is 967. The lowest BCUT2D eigenvalue weighted by molar-refractivity contribution is 0.101. The van der Waals surface area contributed by atoms with Gasteiger partial charge in [-0.3, -0.25) is 9.48 Å². The average molecular weight is 341 g/mol. The van der Waals surface area contributed by atoms with Gasteiger partial charge in [0.2, 0.25) is 0 Å². The lowest BCUT2D eigenvalue weighted by atomic mass is 10.1. The lowest BCUT2D eigenvalue weighted by Gasteiger charge is -2.10. The number of aryl methyl sites for hydroxylation is 3. The van der Waals surface area contributed by atoms with Gasteiger partial charge in [-0.2, -0.15) is 5.10 Å². The molecule has 3 N–H and O–H groups in total. The molecule has 3 aromatic rings. The SMILES string of the molecule is Cc1ncc(C)c(-c2cnn(C)c2C(=O)Nc2cc(N)ncc2F)n1. The number of anilines is 2. The quantitative estimate of drug-likeness (QED) is 0.752. The minimum absolute atomic E-state index is 0.0553. The lowest BCUT2D eigenvalue weighted by Crippen LogP contribution is -2.18. The Hall–Kier alpha value is -3.36. The van der Waals surface area contributed by atoms with E-state index < -0.39 is 11.7 Å². The van der Waals surface area contributed by atoms with Crippen LogP contribution in [0, 0.1) is 19.7 Å². The van der Waals surface area contributed by atoms with Gasteiger partial charge in [-0.25, -0.2) is 19.3 Å². The minimum Gasteiger partial charge on any atom is -0.384 e. The third-order valence-electron chi connectivity index (χ3n) is 3.63. The molecule has 0 aliphatic carbocycles. The summed E-state index contributed by atoms with van der Waals surface area (Å²) in [6, 6.07) is 1.25. The van der Waals surface area contributed by atoms with E-state index in [0.29, 0.717) is 17.1 Å². The van der Waals surface area contributed by atoms with Gasteiger partial charge >= 0.3 is 0 Å². The Balaban J connectivity index is 2.03. The number of hydrogen-bond donors (Lipinski definition) is 2. The Morgan fingerprint density at radius 1 is 1.24 bits per heavy atom. The minimum atomic E-state index is -0.680. The number of aromatic nitrogens is 5. The van der Waals surface area contributed by atoms with Crippen molar-refractivity contribution in [1.29, 1.82) is 0 Å². The van der Waals surface area contributed by atoms with Gasteiger partial charge in [0, 0.05) is 19.3 Å². The first-order chi connectivity index (χ1) is 11.9. The molecule has 0 radical (unpaired) electrons. The molecule has 0 spiro atoms. The first kappa shape index (κ1) is 16.5. The van der Waals surface area contributed by atoms with E-state index in [1.807, 2.05) is 6.92 Å². The third kappa shape index (κ3) is 3.16. The number of rotatable bonds is 3. The predicted octanol–water partition coefficient (Wildman–Crippen LogP) is 1.86. The van der Waals surface area contributed by atoms with E-state index in [0.717, 1.165) is 11.8 Å². The van der Waals surface area contributed by atoms with E-state index >= 15 is 0 Å². The molecule has 25 heavy (non-hydrogen) atoms. The maximum absolute atomic E-state index is 13.8. The van der Waals surface area contributed by atoms with E-state index in [-0.39, 0.29) is 17.2 Å². The molecule has 3 rings (SSSR count). The fourth-order valence-corrected chi connectivity index (χ4v) is 2.42. The zero-order chi connectivity index (χ0) is 18.1. The maximum Gasteiger partial charge on any atom is 0.274 e. The number of pyridine rings is 1. The first-order valence-electron chi connectivity index (χ1n) is 7.42. The molecule has 3 heterocycles. The summed E-state index contributed by atoms with van der Waals surface area (Å²) >= 11 is 0. The van der Waals surface area contributed by atoms with Gasteiger partial charge < -0.3 is 11.1 Å². The second kappa shape index (κ2) is 6.27. The Morgan fingerprint density at radius 2 is 2.00 bits per heavy atom. The number of nitrogens with zero attached hydrogens (tertiary/aromatic N) is 5. The van der Waals surface area contributed by atoms with Crippen molar-refractivity contribution in [2.75, 3.05) is 11.1 Å². The first-order valence-corrected chi connectivity index (χ1v) is 7.42. The second-order valence-electron chi connectivity index (χ2n) is 5.52. The van der Waals surface area contributed by atoms with Gasteiger partial charge in [-0.1, -0.05) is 0 Å². The molecule has 0 aliphatic rings. The molecule has 0 saturated carbocycles. The van der Waals surface area contributed by atoms with E-state index in [1.165, 1.54) is 10.7 Å². The molecular weight excluding hydrogens is 325 g/mol. The van der Waals surface area contributed by atoms with Gasteiger partial charge in [0.1, 0.15) is 17.3 Å². The van der Waals surface area contributed by atoms with E-state index in [2.05, 4.69) is 25.4 Å². The summed E-state index contributed by atoms with van der Waals surface area (Å²) < 4.78 is 15.2. The number of halogens is 1. The summed E-state index contributed by atoms with van der Waals surface area (Å²) in [5.41, 5.74) is 7.67. The van der Waals surface area contributed by atoms with Gasteiger partial charge in [-0.15, -0.1) is 0 Å². The zero-order valence-corrected chi connectivity index (χ0v) is 13.9. The summed E-state index contributed by atoms with van der Waals surface area (Å²) in [5.74, 6) is -0.538. The summed E-state index contributed by atoms with van der Waals surface area (Å²) in [4.78, 5) is 24.9. The van der Waals surface area contributed by atoms with Crippen LogP contribution in [0.15, 0.2) is 24.7 Å². The van der Waals surface area contributed by atoms with Crippen LogP contribution in [0.1, 0.15) is 21.9 Å². The van der Waals surface area contributed by atoms with Crippen molar-refractivity contribution in [3.63, 3.8) is 0 Å². The molecule has 1 amide bonds. The van der Waals surface area contributed by atoms with Crippen LogP contribution in [-0.2, 0) is 7.05 Å². The van der Waals surface area contributed by atoms with Crippen molar-refractivity contribution in [2.45, 2.75) is 13.8 Å². The van der Waals surface area contributed by atoms with Gasteiger partial charge in [-0.05, 0) is 19.4 Å². The highest BCUT2D eigenvalue weighted by Gasteiger charge is 2.22. The highest BCUT2D eigenvalue weighted by atomic mass is 19.1. The summed E-state index contributed by atoms with van der Waals surface area (Å²) in [7, 11) is 1.62. The molecule has 0 atom stereocenters. The number of nitrogens with two attached hydrogens (primary N) is 1. The summed E-state index contributed by atoms with van der Waals surface area (Å²) in [6.45, 7) is 3.60. The highest BCUT2D eigenvalue weighted by Crippen LogP contribution is 2.25. The average Bonchev–Trinajstić information content (AvgIpc) is 2.94. The maximum atomic E-state index is 13.8. The van der Waals surface area contributed by atoms with Crippen LogP contribution < -0.4 is 11.1 Å². The zero-order valence-electron chi connectivity index (χ0n) is 13.9. The Morgan fingerprint density at radius 3 is 2.76 bits per heavy atom. The van der Waals surface area contributed by atoms with Crippen molar-refractivity contribution >= 4 is 17.4 Å². The van der Waals surface area contributed by atoms with Crippen LogP contribution in [0.4, 0.5) is 15.9 Å². The van der Waals surface area contributed by atoms with Crippen molar-refractivity contribution in [2.24, 2.45) is 7.05 Å². The number of carbonyl (C=O) groups is 1. The number of hydrogen-bond acceptors (Lipinski definition) is 6. The van der Waals surface area contributed by atoms with E-state index in [4.69, 9.17) is 5.73 Å².